The summed E-state index contributed by atoms with van der Waals surface area (Å²) in [7, 11) is -3.36. The summed E-state index contributed by atoms with van der Waals surface area (Å²) in [5.41, 5.74) is 10.8. The van der Waals surface area contributed by atoms with Crippen molar-refractivity contribution in [2.45, 2.75) is 4.90 Å². The zero-order chi connectivity index (χ0) is 12.6. The summed E-state index contributed by atoms with van der Waals surface area (Å²) in [6.45, 7) is 0. The van der Waals surface area contributed by atoms with Crippen molar-refractivity contribution in [2.24, 2.45) is 16.5 Å². The summed E-state index contributed by atoms with van der Waals surface area (Å²) < 4.78 is 23.2. The molecule has 8 heteroatoms. The van der Waals surface area contributed by atoms with Crippen LogP contribution in [0, 0.1) is 0 Å². The van der Waals surface area contributed by atoms with Gasteiger partial charge in [0.1, 0.15) is 5.88 Å². The number of nitrogens with two attached hydrogens (primary N) is 2. The summed E-state index contributed by atoms with van der Waals surface area (Å²) in [6, 6.07) is 4.23. The molecule has 0 fully saturated rings. The lowest BCUT2D eigenvalue weighted by atomic mass is 10.2. The average Bonchev–Trinajstić information content (AvgIpc) is 2.54. The number of nitrogens with zero attached hydrogens (tertiary/aromatic N) is 1. The Morgan fingerprint density at radius 3 is 2.71 bits per heavy atom. The molecular weight excluding hydrogens is 244 g/mol. The Bertz CT molecular complexity index is 617. The monoisotopic (exact) mass is 254 g/mol. The van der Waals surface area contributed by atoms with Crippen molar-refractivity contribution >= 4 is 27.4 Å². The highest BCUT2D eigenvalue weighted by Crippen LogP contribution is 2.29. The van der Waals surface area contributed by atoms with Gasteiger partial charge in [-0.05, 0) is 18.2 Å². The average molecular weight is 254 g/mol. The Morgan fingerprint density at radius 2 is 2.06 bits per heavy atom. The molecule has 1 aromatic carbocycles. The predicted molar refractivity (Wildman–Crippen MR) is 62.3 cm³/mol. The number of carbonyl (C=O) groups excluding carboxylic acids is 1. The number of anilines is 1. The van der Waals surface area contributed by atoms with Gasteiger partial charge in [-0.1, -0.05) is 0 Å². The van der Waals surface area contributed by atoms with E-state index in [2.05, 4.69) is 10.3 Å². The second kappa shape index (κ2) is 3.74. The summed E-state index contributed by atoms with van der Waals surface area (Å²) >= 11 is 0. The van der Waals surface area contributed by atoms with Gasteiger partial charge in [0.25, 0.3) is 5.91 Å². The Morgan fingerprint density at radius 1 is 1.35 bits per heavy atom. The first kappa shape index (κ1) is 11.4. The van der Waals surface area contributed by atoms with Gasteiger partial charge in [-0.3, -0.25) is 4.79 Å². The zero-order valence-corrected chi connectivity index (χ0v) is 9.49. The van der Waals surface area contributed by atoms with Crippen LogP contribution in [-0.4, -0.2) is 26.2 Å². The standard InChI is InChI=1S/C9H10N4O3S/c10-9(11)13-8(14)5-1-2-6-7(3-5)17(15,16)4-12-6/h1-3,12H,4H2,(H4,10,11,13,14). The fraction of sp³-hybridized carbons (Fsp3) is 0.111. The predicted octanol–water partition coefficient (Wildman–Crippen LogP) is -0.743. The molecule has 17 heavy (non-hydrogen) atoms. The Kier molecular flexibility index (Phi) is 2.50. The molecule has 0 saturated heterocycles. The van der Waals surface area contributed by atoms with E-state index in [0.717, 1.165) is 0 Å². The highest BCUT2D eigenvalue weighted by atomic mass is 32.2. The quantitative estimate of drug-likeness (QED) is 0.447. The van der Waals surface area contributed by atoms with Crippen LogP contribution < -0.4 is 16.8 Å². The first-order valence-corrected chi connectivity index (χ1v) is 6.30. The van der Waals surface area contributed by atoms with Crippen LogP contribution in [0.25, 0.3) is 0 Å². The van der Waals surface area contributed by atoms with Crippen LogP contribution in [0.15, 0.2) is 28.1 Å². The van der Waals surface area contributed by atoms with Gasteiger partial charge in [-0.25, -0.2) is 8.42 Å². The molecule has 0 bridgehead atoms. The van der Waals surface area contributed by atoms with Crippen LogP contribution in [0.1, 0.15) is 10.4 Å². The first-order valence-electron chi connectivity index (χ1n) is 4.65. The minimum atomic E-state index is -3.36. The number of fused-ring (bicyclic) bond motifs is 1. The van der Waals surface area contributed by atoms with Gasteiger partial charge >= 0.3 is 0 Å². The fourth-order valence-electron chi connectivity index (χ4n) is 1.49. The topological polar surface area (TPSA) is 128 Å². The van der Waals surface area contributed by atoms with E-state index >= 15 is 0 Å². The number of sulfone groups is 1. The molecule has 90 valence electrons. The lowest BCUT2D eigenvalue weighted by molar-refractivity contribution is 0.100. The lowest BCUT2D eigenvalue weighted by Gasteiger charge is -2.00. The number of carbonyl (C=O) groups is 1. The van der Waals surface area contributed by atoms with Crippen LogP contribution in [0.3, 0.4) is 0 Å². The number of guanidine groups is 1. The summed E-state index contributed by atoms with van der Waals surface area (Å²) in [5, 5.41) is 2.71. The van der Waals surface area contributed by atoms with Crippen molar-refractivity contribution in [1.29, 1.82) is 0 Å². The van der Waals surface area contributed by atoms with Crippen LogP contribution in [0.4, 0.5) is 5.69 Å². The molecule has 0 aromatic heterocycles. The van der Waals surface area contributed by atoms with Crippen LogP contribution in [0.5, 0.6) is 0 Å². The molecule has 1 heterocycles. The van der Waals surface area contributed by atoms with Crippen molar-refractivity contribution in [2.75, 3.05) is 11.2 Å². The van der Waals surface area contributed by atoms with E-state index in [1.807, 2.05) is 0 Å². The molecule has 0 radical (unpaired) electrons. The molecule has 2 rings (SSSR count). The van der Waals surface area contributed by atoms with Crippen LogP contribution in [-0.2, 0) is 9.84 Å². The van der Waals surface area contributed by atoms with Gasteiger partial charge in [0.2, 0.25) is 0 Å². The van der Waals surface area contributed by atoms with E-state index in [4.69, 9.17) is 11.5 Å². The van der Waals surface area contributed by atoms with Crippen molar-refractivity contribution in [3.8, 4) is 0 Å². The molecule has 0 spiro atoms. The Balaban J connectivity index is 2.48. The lowest BCUT2D eigenvalue weighted by Crippen LogP contribution is -2.24. The summed E-state index contributed by atoms with van der Waals surface area (Å²) in [6.07, 6.45) is 0. The van der Waals surface area contributed by atoms with Crippen molar-refractivity contribution in [3.05, 3.63) is 23.8 Å². The molecule has 1 aromatic rings. The van der Waals surface area contributed by atoms with Crippen LogP contribution >= 0.6 is 0 Å². The smallest absolute Gasteiger partial charge is 0.280 e. The minimum absolute atomic E-state index is 0.0918. The third-order valence-electron chi connectivity index (χ3n) is 2.25. The summed E-state index contributed by atoms with van der Waals surface area (Å²) in [5.74, 6) is -1.20. The van der Waals surface area contributed by atoms with E-state index in [-0.39, 0.29) is 22.3 Å². The molecule has 1 aliphatic rings. The van der Waals surface area contributed by atoms with Gasteiger partial charge in [0, 0.05) is 5.56 Å². The SMILES string of the molecule is NC(N)=NC(=O)c1ccc2c(c1)S(=O)(=O)CN2. The van der Waals surface area contributed by atoms with E-state index in [9.17, 15) is 13.2 Å². The second-order valence-electron chi connectivity index (χ2n) is 3.49. The van der Waals surface area contributed by atoms with Crippen molar-refractivity contribution in [3.63, 3.8) is 0 Å². The third-order valence-corrected chi connectivity index (χ3v) is 3.78. The normalized spacial score (nSPS) is 15.8. The van der Waals surface area contributed by atoms with E-state index in [0.29, 0.717) is 5.69 Å². The molecule has 1 amide bonds. The number of amides is 1. The Labute approximate surface area is 97.4 Å². The largest absolute Gasteiger partial charge is 0.370 e. The number of nitrogens with one attached hydrogen (secondary N) is 1. The van der Waals surface area contributed by atoms with Gasteiger partial charge < -0.3 is 16.8 Å². The maximum absolute atomic E-state index is 11.6. The second-order valence-corrected chi connectivity index (χ2v) is 5.45. The summed E-state index contributed by atoms with van der Waals surface area (Å²) in [4.78, 5) is 14.9. The fourth-order valence-corrected chi connectivity index (χ4v) is 2.77. The van der Waals surface area contributed by atoms with E-state index in [1.54, 1.807) is 0 Å². The van der Waals surface area contributed by atoms with Gasteiger partial charge in [-0.2, -0.15) is 4.99 Å². The van der Waals surface area contributed by atoms with Gasteiger partial charge in [-0.15, -0.1) is 0 Å². The van der Waals surface area contributed by atoms with Gasteiger partial charge in [0.15, 0.2) is 15.8 Å². The molecule has 0 aliphatic carbocycles. The van der Waals surface area contributed by atoms with Gasteiger partial charge in [0.05, 0.1) is 10.6 Å². The molecular formula is C9H10N4O3S. The number of benzene rings is 1. The van der Waals surface area contributed by atoms with E-state index in [1.165, 1.54) is 18.2 Å². The van der Waals surface area contributed by atoms with Crippen molar-refractivity contribution < 1.29 is 13.2 Å². The number of hydrogen-bond donors (Lipinski definition) is 3. The molecule has 1 aliphatic heterocycles. The zero-order valence-electron chi connectivity index (χ0n) is 8.67. The molecule has 5 N–H and O–H groups in total. The van der Waals surface area contributed by atoms with Crippen LogP contribution in [0.2, 0.25) is 0 Å². The highest BCUT2D eigenvalue weighted by molar-refractivity contribution is 7.92. The van der Waals surface area contributed by atoms with Crippen molar-refractivity contribution in [1.82, 2.24) is 0 Å². The number of rotatable bonds is 1. The third kappa shape index (κ3) is 2.07. The highest BCUT2D eigenvalue weighted by Gasteiger charge is 2.26. The minimum Gasteiger partial charge on any atom is -0.370 e. The first-order chi connectivity index (χ1) is 7.90. The molecule has 0 unspecified atom stereocenters. The maximum atomic E-state index is 11.6. The Hall–Kier alpha value is -2.09. The maximum Gasteiger partial charge on any atom is 0.280 e. The molecule has 7 nitrogen and oxygen atoms in total. The number of aliphatic imine (C=N–C) groups is 1. The number of hydrogen-bond acceptors (Lipinski definition) is 4. The molecule has 0 atom stereocenters. The van der Waals surface area contributed by atoms with E-state index < -0.39 is 15.7 Å². The molecule has 0 saturated carbocycles.